The van der Waals surface area contributed by atoms with Crippen LogP contribution in [0.25, 0.3) is 88.1 Å². The molecule has 3 aromatic heterocycles. The van der Waals surface area contributed by atoms with E-state index in [0.717, 1.165) is 49.7 Å². The summed E-state index contributed by atoms with van der Waals surface area (Å²) in [4.78, 5) is 0. The molecule has 0 unspecified atom stereocenters. The Hall–Kier alpha value is -6.06. The second kappa shape index (κ2) is 9.22. The zero-order valence-corrected chi connectivity index (χ0v) is 24.3. The van der Waals surface area contributed by atoms with Gasteiger partial charge in [-0.2, -0.15) is 0 Å². The number of rotatable bonds is 3. The van der Waals surface area contributed by atoms with Crippen molar-refractivity contribution in [2.45, 2.75) is 0 Å². The van der Waals surface area contributed by atoms with Crippen molar-refractivity contribution in [1.29, 1.82) is 0 Å². The van der Waals surface area contributed by atoms with Gasteiger partial charge < -0.3 is 13.6 Å². The Kier molecular flexibility index (Phi) is 5.00. The summed E-state index contributed by atoms with van der Waals surface area (Å²) in [7, 11) is 0. The number of furan rings is 1. The van der Waals surface area contributed by atoms with Crippen LogP contribution in [0.3, 0.4) is 0 Å². The summed E-state index contributed by atoms with van der Waals surface area (Å²) < 4.78 is 11.3. The quantitative estimate of drug-likeness (QED) is 0.206. The molecule has 3 nitrogen and oxygen atoms in total. The number of benzene rings is 7. The SMILES string of the molecule is c1ccc(-c2ccc3c(c2)c2cc(-n4c5ccccc5c5c6oc7ccccc7c6ccc54)ccc2n3-c2ccccc2)cc1. The third-order valence-corrected chi connectivity index (χ3v) is 9.31. The summed E-state index contributed by atoms with van der Waals surface area (Å²) in [6, 6.07) is 56.5. The Labute approximate surface area is 258 Å². The van der Waals surface area contributed by atoms with Gasteiger partial charge in [0, 0.05) is 38.3 Å². The summed E-state index contributed by atoms with van der Waals surface area (Å²) >= 11 is 0. The van der Waals surface area contributed by atoms with E-state index in [4.69, 9.17) is 4.42 Å². The smallest absolute Gasteiger partial charge is 0.145 e. The highest BCUT2D eigenvalue weighted by atomic mass is 16.3. The van der Waals surface area contributed by atoms with Crippen LogP contribution in [0.2, 0.25) is 0 Å². The number of aromatic nitrogens is 2. The number of nitrogens with zero attached hydrogens (tertiary/aromatic N) is 2. The van der Waals surface area contributed by atoms with E-state index in [2.05, 4.69) is 161 Å². The maximum absolute atomic E-state index is 6.54. The molecule has 7 aromatic carbocycles. The highest BCUT2D eigenvalue weighted by molar-refractivity contribution is 6.24. The molecule has 0 spiro atoms. The molecule has 0 radical (unpaired) electrons. The highest BCUT2D eigenvalue weighted by Crippen LogP contribution is 2.42. The van der Waals surface area contributed by atoms with Crippen molar-refractivity contribution in [3.8, 4) is 22.5 Å². The fourth-order valence-corrected chi connectivity index (χ4v) is 7.33. The molecular formula is C42H26N2O. The first-order valence-corrected chi connectivity index (χ1v) is 15.4. The highest BCUT2D eigenvalue weighted by Gasteiger charge is 2.20. The van der Waals surface area contributed by atoms with Crippen LogP contribution >= 0.6 is 0 Å². The standard InChI is InChI=1S/C42H26N2O/c1-3-11-27(12-4-1)28-19-22-37-34(25-28)35-26-30(20-23-38(35)43(37)29-13-5-2-6-14-29)44-36-17-9-7-16-33(36)41-39(44)24-21-32-31-15-8-10-18-40(31)45-42(32)41/h1-26H. The molecular weight excluding hydrogens is 548 g/mol. The third-order valence-electron chi connectivity index (χ3n) is 9.31. The summed E-state index contributed by atoms with van der Waals surface area (Å²) in [5.41, 5.74) is 11.3. The van der Waals surface area contributed by atoms with Crippen LogP contribution in [-0.2, 0) is 0 Å². The Morgan fingerprint density at radius 1 is 0.356 bits per heavy atom. The average Bonchev–Trinajstić information content (AvgIpc) is 3.76. The van der Waals surface area contributed by atoms with Gasteiger partial charge in [-0.1, -0.05) is 91.0 Å². The lowest BCUT2D eigenvalue weighted by molar-refractivity contribution is 0.673. The zero-order chi connectivity index (χ0) is 29.5. The van der Waals surface area contributed by atoms with Crippen molar-refractivity contribution in [2.24, 2.45) is 0 Å². The Balaban J connectivity index is 1.30. The Morgan fingerprint density at radius 3 is 1.82 bits per heavy atom. The van der Waals surface area contributed by atoms with E-state index in [-0.39, 0.29) is 0 Å². The normalized spacial score (nSPS) is 12.0. The van der Waals surface area contributed by atoms with Crippen LogP contribution in [0.15, 0.2) is 162 Å². The summed E-state index contributed by atoms with van der Waals surface area (Å²) in [6.07, 6.45) is 0. The van der Waals surface area contributed by atoms with E-state index in [1.165, 1.54) is 38.3 Å². The van der Waals surface area contributed by atoms with Crippen LogP contribution in [0.1, 0.15) is 0 Å². The Morgan fingerprint density at radius 2 is 0.978 bits per heavy atom. The molecule has 0 aliphatic rings. The molecule has 0 saturated carbocycles. The minimum Gasteiger partial charge on any atom is -0.455 e. The van der Waals surface area contributed by atoms with Crippen molar-refractivity contribution >= 4 is 65.6 Å². The molecule has 0 aliphatic heterocycles. The molecule has 0 saturated heterocycles. The lowest BCUT2D eigenvalue weighted by Crippen LogP contribution is -1.95. The first kappa shape index (κ1) is 24.4. The molecule has 210 valence electrons. The van der Waals surface area contributed by atoms with Gasteiger partial charge in [-0.3, -0.25) is 0 Å². The van der Waals surface area contributed by atoms with Crippen LogP contribution in [0, 0.1) is 0 Å². The number of hydrogen-bond donors (Lipinski definition) is 0. The van der Waals surface area contributed by atoms with Crippen molar-refractivity contribution in [2.75, 3.05) is 0 Å². The van der Waals surface area contributed by atoms with E-state index >= 15 is 0 Å². The van der Waals surface area contributed by atoms with Gasteiger partial charge in [0.1, 0.15) is 11.2 Å². The van der Waals surface area contributed by atoms with Gasteiger partial charge in [0.25, 0.3) is 0 Å². The van der Waals surface area contributed by atoms with E-state index in [0.29, 0.717) is 0 Å². The second-order valence-corrected chi connectivity index (χ2v) is 11.8. The van der Waals surface area contributed by atoms with Gasteiger partial charge in [-0.05, 0) is 77.9 Å². The maximum atomic E-state index is 6.54. The molecule has 0 N–H and O–H groups in total. The average molecular weight is 575 g/mol. The molecule has 3 heteroatoms. The molecule has 0 amide bonds. The number of para-hydroxylation sites is 3. The molecule has 0 aliphatic carbocycles. The first-order valence-electron chi connectivity index (χ1n) is 15.4. The topological polar surface area (TPSA) is 23.0 Å². The number of hydrogen-bond acceptors (Lipinski definition) is 1. The summed E-state index contributed by atoms with van der Waals surface area (Å²) in [5.74, 6) is 0. The largest absolute Gasteiger partial charge is 0.455 e. The van der Waals surface area contributed by atoms with Crippen LogP contribution in [-0.4, -0.2) is 9.13 Å². The fraction of sp³-hybridized carbons (Fsp3) is 0. The van der Waals surface area contributed by atoms with Gasteiger partial charge in [-0.25, -0.2) is 0 Å². The van der Waals surface area contributed by atoms with E-state index in [9.17, 15) is 0 Å². The molecule has 0 atom stereocenters. The predicted octanol–water partition coefficient (Wildman–Crippen LogP) is 11.4. The van der Waals surface area contributed by atoms with E-state index in [1.807, 2.05) is 6.07 Å². The van der Waals surface area contributed by atoms with E-state index in [1.54, 1.807) is 0 Å². The second-order valence-electron chi connectivity index (χ2n) is 11.8. The lowest BCUT2D eigenvalue weighted by atomic mass is 10.0. The fourth-order valence-electron chi connectivity index (χ4n) is 7.33. The van der Waals surface area contributed by atoms with Gasteiger partial charge in [0.15, 0.2) is 0 Å². The molecule has 10 rings (SSSR count). The monoisotopic (exact) mass is 574 g/mol. The zero-order valence-electron chi connectivity index (χ0n) is 24.3. The summed E-state index contributed by atoms with van der Waals surface area (Å²) in [6.45, 7) is 0. The van der Waals surface area contributed by atoms with Gasteiger partial charge in [-0.15, -0.1) is 0 Å². The van der Waals surface area contributed by atoms with Crippen LogP contribution in [0.4, 0.5) is 0 Å². The maximum Gasteiger partial charge on any atom is 0.145 e. The molecule has 10 aromatic rings. The predicted molar refractivity (Wildman–Crippen MR) is 188 cm³/mol. The van der Waals surface area contributed by atoms with Crippen molar-refractivity contribution in [3.05, 3.63) is 158 Å². The van der Waals surface area contributed by atoms with Crippen LogP contribution < -0.4 is 0 Å². The molecule has 3 heterocycles. The van der Waals surface area contributed by atoms with E-state index < -0.39 is 0 Å². The summed E-state index contributed by atoms with van der Waals surface area (Å²) in [5, 5.41) is 7.09. The van der Waals surface area contributed by atoms with Crippen molar-refractivity contribution in [3.63, 3.8) is 0 Å². The van der Waals surface area contributed by atoms with Crippen molar-refractivity contribution < 1.29 is 4.42 Å². The van der Waals surface area contributed by atoms with Gasteiger partial charge in [0.05, 0.1) is 27.5 Å². The minimum absolute atomic E-state index is 0.918. The molecule has 0 bridgehead atoms. The van der Waals surface area contributed by atoms with Gasteiger partial charge in [0.2, 0.25) is 0 Å². The Bertz CT molecular complexity index is 2740. The number of fused-ring (bicyclic) bond motifs is 10. The molecule has 45 heavy (non-hydrogen) atoms. The van der Waals surface area contributed by atoms with Crippen LogP contribution in [0.5, 0.6) is 0 Å². The minimum atomic E-state index is 0.918. The third kappa shape index (κ3) is 3.46. The van der Waals surface area contributed by atoms with Gasteiger partial charge >= 0.3 is 0 Å². The molecule has 0 fully saturated rings. The van der Waals surface area contributed by atoms with Crippen molar-refractivity contribution in [1.82, 2.24) is 9.13 Å². The first-order chi connectivity index (χ1) is 22.3. The lowest BCUT2D eigenvalue weighted by Gasteiger charge is -2.10.